The average molecular weight is 296 g/mol. The second-order valence-corrected chi connectivity index (χ2v) is 5.74. The molecule has 0 aliphatic rings. The molecule has 0 fully saturated rings. The van der Waals surface area contributed by atoms with Gasteiger partial charge in [-0.3, -0.25) is 4.57 Å². The van der Waals surface area contributed by atoms with Gasteiger partial charge in [0, 0.05) is 30.3 Å². The Balaban J connectivity index is 2.08. The Bertz CT molecular complexity index is 678. The van der Waals surface area contributed by atoms with Crippen molar-refractivity contribution in [2.75, 3.05) is 5.75 Å². The van der Waals surface area contributed by atoms with Crippen LogP contribution in [0.1, 0.15) is 18.4 Å². The summed E-state index contributed by atoms with van der Waals surface area (Å²) >= 11 is 1.56. The van der Waals surface area contributed by atoms with Crippen molar-refractivity contribution in [2.45, 2.75) is 24.9 Å². The zero-order valence-corrected chi connectivity index (χ0v) is 12.7. The molecular weight excluding hydrogens is 280 g/mol. The first kappa shape index (κ1) is 15.2. The number of imidazole rings is 1. The first-order valence-electron chi connectivity index (χ1n) is 6.74. The zero-order valence-electron chi connectivity index (χ0n) is 11.9. The van der Waals surface area contributed by atoms with Crippen molar-refractivity contribution in [2.24, 2.45) is 5.92 Å². The van der Waals surface area contributed by atoms with E-state index in [1.54, 1.807) is 18.0 Å². The smallest absolute Gasteiger partial charge is 0.172 e. The lowest BCUT2D eigenvalue weighted by Crippen LogP contribution is -2.02. The Kier molecular flexibility index (Phi) is 5.43. The van der Waals surface area contributed by atoms with Crippen LogP contribution in [0.4, 0.5) is 0 Å². The van der Waals surface area contributed by atoms with E-state index >= 15 is 0 Å². The van der Waals surface area contributed by atoms with Gasteiger partial charge in [0.2, 0.25) is 0 Å². The SMILES string of the molecule is Cc1cccc(-n2ccnc2SCC(C#N)CCC#N)c1. The Labute approximate surface area is 129 Å². The fourth-order valence-corrected chi connectivity index (χ4v) is 3.00. The highest BCUT2D eigenvalue weighted by atomic mass is 32.2. The molecule has 0 spiro atoms. The maximum Gasteiger partial charge on any atom is 0.172 e. The standard InChI is InChI=1S/C16H16N4S/c1-13-4-2-6-15(10-13)20-9-8-19-16(20)21-12-14(11-18)5-3-7-17/h2,4,6,8-10,14H,3,5,12H2,1H3. The number of aromatic nitrogens is 2. The topological polar surface area (TPSA) is 65.4 Å². The summed E-state index contributed by atoms with van der Waals surface area (Å²) in [6.45, 7) is 2.06. The van der Waals surface area contributed by atoms with E-state index in [4.69, 9.17) is 10.5 Å². The first-order chi connectivity index (χ1) is 10.2. The van der Waals surface area contributed by atoms with Crippen LogP contribution in [0.5, 0.6) is 0 Å². The molecule has 5 heteroatoms. The molecule has 2 rings (SSSR count). The third-order valence-electron chi connectivity index (χ3n) is 3.09. The van der Waals surface area contributed by atoms with Crippen LogP contribution in [0.15, 0.2) is 41.8 Å². The third kappa shape index (κ3) is 4.11. The van der Waals surface area contributed by atoms with Crippen LogP contribution in [-0.4, -0.2) is 15.3 Å². The van der Waals surface area contributed by atoms with Crippen LogP contribution in [0, 0.1) is 35.5 Å². The summed E-state index contributed by atoms with van der Waals surface area (Å²) in [6, 6.07) is 12.6. The predicted octanol–water partition coefficient (Wildman–Crippen LogP) is 3.72. The normalized spacial score (nSPS) is 11.6. The lowest BCUT2D eigenvalue weighted by atomic mass is 10.1. The molecular formula is C16H16N4S. The molecule has 0 amide bonds. The number of benzene rings is 1. The van der Waals surface area contributed by atoms with Crippen molar-refractivity contribution in [3.63, 3.8) is 0 Å². The van der Waals surface area contributed by atoms with Crippen LogP contribution in [-0.2, 0) is 0 Å². The van der Waals surface area contributed by atoms with Crippen molar-refractivity contribution in [1.82, 2.24) is 9.55 Å². The minimum atomic E-state index is -0.114. The van der Waals surface area contributed by atoms with Crippen molar-refractivity contribution in [1.29, 1.82) is 10.5 Å². The minimum absolute atomic E-state index is 0.114. The maximum absolute atomic E-state index is 9.10. The summed E-state index contributed by atoms with van der Waals surface area (Å²) in [5, 5.41) is 18.6. The van der Waals surface area contributed by atoms with Gasteiger partial charge in [-0.15, -0.1) is 0 Å². The Morgan fingerprint density at radius 1 is 1.38 bits per heavy atom. The second-order valence-electron chi connectivity index (χ2n) is 4.75. The van der Waals surface area contributed by atoms with E-state index in [1.165, 1.54) is 5.56 Å². The van der Waals surface area contributed by atoms with Crippen molar-refractivity contribution in [3.8, 4) is 17.8 Å². The molecule has 106 valence electrons. The highest BCUT2D eigenvalue weighted by molar-refractivity contribution is 7.99. The Hall–Kier alpha value is -2.24. The number of hydrogen-bond donors (Lipinski definition) is 0. The van der Waals surface area contributed by atoms with Gasteiger partial charge in [-0.1, -0.05) is 23.9 Å². The molecule has 0 N–H and O–H groups in total. The molecule has 1 aromatic carbocycles. The fraction of sp³-hybridized carbons (Fsp3) is 0.312. The summed E-state index contributed by atoms with van der Waals surface area (Å²) in [5.74, 6) is 0.540. The van der Waals surface area contributed by atoms with E-state index in [0.29, 0.717) is 18.6 Å². The lowest BCUT2D eigenvalue weighted by molar-refractivity contribution is 0.683. The van der Waals surface area contributed by atoms with Gasteiger partial charge in [0.15, 0.2) is 5.16 Å². The molecule has 1 heterocycles. The predicted molar refractivity (Wildman–Crippen MR) is 83.0 cm³/mol. The lowest BCUT2D eigenvalue weighted by Gasteiger charge is -2.10. The minimum Gasteiger partial charge on any atom is -0.295 e. The van der Waals surface area contributed by atoms with Crippen LogP contribution in [0.3, 0.4) is 0 Å². The number of rotatable bonds is 6. The number of hydrogen-bond acceptors (Lipinski definition) is 4. The van der Waals surface area contributed by atoms with E-state index in [9.17, 15) is 0 Å². The van der Waals surface area contributed by atoms with Crippen molar-refractivity contribution in [3.05, 3.63) is 42.2 Å². The number of nitriles is 2. The van der Waals surface area contributed by atoms with E-state index in [0.717, 1.165) is 10.8 Å². The van der Waals surface area contributed by atoms with Crippen LogP contribution in [0.25, 0.3) is 5.69 Å². The molecule has 1 aromatic heterocycles. The largest absolute Gasteiger partial charge is 0.295 e. The fourth-order valence-electron chi connectivity index (χ4n) is 1.97. The summed E-state index contributed by atoms with van der Waals surface area (Å²) in [4.78, 5) is 4.36. The summed E-state index contributed by atoms with van der Waals surface area (Å²) in [6.07, 6.45) is 4.73. The van der Waals surface area contributed by atoms with Gasteiger partial charge < -0.3 is 0 Å². The number of aryl methyl sites for hydroxylation is 1. The van der Waals surface area contributed by atoms with Gasteiger partial charge in [0.05, 0.1) is 18.1 Å². The van der Waals surface area contributed by atoms with Crippen molar-refractivity contribution >= 4 is 11.8 Å². The van der Waals surface area contributed by atoms with Crippen LogP contribution < -0.4 is 0 Å². The molecule has 0 saturated carbocycles. The van der Waals surface area contributed by atoms with Gasteiger partial charge in [-0.05, 0) is 31.0 Å². The Morgan fingerprint density at radius 3 is 2.95 bits per heavy atom. The molecule has 0 bridgehead atoms. The Morgan fingerprint density at radius 2 is 2.24 bits per heavy atom. The van der Waals surface area contributed by atoms with E-state index in [-0.39, 0.29) is 5.92 Å². The maximum atomic E-state index is 9.10. The summed E-state index contributed by atoms with van der Waals surface area (Å²) in [7, 11) is 0. The first-order valence-corrected chi connectivity index (χ1v) is 7.73. The molecule has 21 heavy (non-hydrogen) atoms. The van der Waals surface area contributed by atoms with E-state index in [1.807, 2.05) is 22.9 Å². The quantitative estimate of drug-likeness (QED) is 0.762. The van der Waals surface area contributed by atoms with Gasteiger partial charge >= 0.3 is 0 Å². The van der Waals surface area contributed by atoms with E-state index < -0.39 is 0 Å². The number of nitrogens with zero attached hydrogens (tertiary/aromatic N) is 4. The molecule has 0 aliphatic carbocycles. The van der Waals surface area contributed by atoms with Crippen LogP contribution >= 0.6 is 11.8 Å². The monoisotopic (exact) mass is 296 g/mol. The molecule has 1 atom stereocenters. The molecule has 0 aliphatic heterocycles. The van der Waals surface area contributed by atoms with Crippen molar-refractivity contribution < 1.29 is 0 Å². The summed E-state index contributed by atoms with van der Waals surface area (Å²) in [5.41, 5.74) is 2.27. The summed E-state index contributed by atoms with van der Waals surface area (Å²) < 4.78 is 2.02. The van der Waals surface area contributed by atoms with Gasteiger partial charge in [0.25, 0.3) is 0 Å². The highest BCUT2D eigenvalue weighted by Gasteiger charge is 2.11. The molecule has 0 saturated heterocycles. The average Bonchev–Trinajstić information content (AvgIpc) is 2.96. The highest BCUT2D eigenvalue weighted by Crippen LogP contribution is 2.24. The number of thioether (sulfide) groups is 1. The van der Waals surface area contributed by atoms with E-state index in [2.05, 4.69) is 36.2 Å². The third-order valence-corrected chi connectivity index (χ3v) is 4.22. The molecule has 4 nitrogen and oxygen atoms in total. The van der Waals surface area contributed by atoms with Crippen LogP contribution in [0.2, 0.25) is 0 Å². The second kappa shape index (κ2) is 7.52. The van der Waals surface area contributed by atoms with Gasteiger partial charge in [-0.2, -0.15) is 10.5 Å². The van der Waals surface area contributed by atoms with Gasteiger partial charge in [0.1, 0.15) is 0 Å². The molecule has 0 radical (unpaired) electrons. The molecule has 1 unspecified atom stereocenters. The van der Waals surface area contributed by atoms with Gasteiger partial charge in [-0.25, -0.2) is 4.98 Å². The zero-order chi connectivity index (χ0) is 15.1. The molecule has 2 aromatic rings.